The molecule has 296 valence electrons. The monoisotopic (exact) mass is 819 g/mol. The van der Waals surface area contributed by atoms with Gasteiger partial charge in [-0.05, 0) is 110 Å². The number of anilines is 3. The van der Waals surface area contributed by atoms with E-state index in [0.29, 0.717) is 11.6 Å². The van der Waals surface area contributed by atoms with Crippen molar-refractivity contribution < 1.29 is 17.5 Å². The molecule has 1 aliphatic carbocycles. The van der Waals surface area contributed by atoms with Gasteiger partial charge in [-0.3, -0.25) is 0 Å². The lowest BCUT2D eigenvalue weighted by atomic mass is 9.81. The zero-order valence-corrected chi connectivity index (χ0v) is 35.8. The van der Waals surface area contributed by atoms with Gasteiger partial charge in [0.1, 0.15) is 6.54 Å². The molecule has 0 amide bonds. The third kappa shape index (κ3) is 8.31. The number of para-hydroxylation sites is 2. The van der Waals surface area contributed by atoms with E-state index in [1.807, 2.05) is 36.4 Å². The van der Waals surface area contributed by atoms with Crippen molar-refractivity contribution in [1.82, 2.24) is 0 Å². The molecule has 4 aromatic rings. The highest BCUT2D eigenvalue weighted by atomic mass is 35.5. The Hall–Kier alpha value is -4.40. The molecule has 0 aromatic heterocycles. The van der Waals surface area contributed by atoms with Crippen molar-refractivity contribution in [2.24, 2.45) is 0 Å². The number of nitrogens with zero attached hydrogens (tertiary/aromatic N) is 3. The molecule has 4 aromatic carbocycles. The first-order valence-electron chi connectivity index (χ1n) is 19.9. The summed E-state index contributed by atoms with van der Waals surface area (Å²) in [6.45, 7) is 12.5. The van der Waals surface area contributed by atoms with Gasteiger partial charge in [0.25, 0.3) is 0 Å². The van der Waals surface area contributed by atoms with Gasteiger partial charge in [-0.25, -0.2) is 8.42 Å². The molecule has 6 nitrogen and oxygen atoms in total. The molecule has 0 spiro atoms. The molecule has 2 heterocycles. The second kappa shape index (κ2) is 16.5. The van der Waals surface area contributed by atoms with E-state index in [1.54, 1.807) is 0 Å². The molecule has 0 bridgehead atoms. The van der Waals surface area contributed by atoms with Gasteiger partial charge < -0.3 is 14.4 Å². The van der Waals surface area contributed by atoms with E-state index in [1.165, 1.54) is 28.1 Å². The summed E-state index contributed by atoms with van der Waals surface area (Å²) in [7, 11) is -4.35. The number of halogens is 2. The van der Waals surface area contributed by atoms with Crippen LogP contribution in [0.4, 0.5) is 22.7 Å². The first-order valence-corrected chi connectivity index (χ1v) is 22.2. The molecule has 0 atom stereocenters. The second-order valence-electron chi connectivity index (χ2n) is 16.2. The van der Waals surface area contributed by atoms with Crippen molar-refractivity contribution in [3.63, 3.8) is 0 Å². The van der Waals surface area contributed by atoms with Gasteiger partial charge in [-0.15, -0.1) is 0 Å². The fraction of sp³-hybridized carbons (Fsp3) is 0.312. The van der Waals surface area contributed by atoms with Gasteiger partial charge in [0, 0.05) is 74.6 Å². The average Bonchev–Trinajstić information content (AvgIpc) is 3.73. The molecule has 2 aliphatic heterocycles. The Labute approximate surface area is 348 Å². The van der Waals surface area contributed by atoms with Gasteiger partial charge in [-0.2, -0.15) is 4.58 Å². The Morgan fingerprint density at radius 2 is 1.42 bits per heavy atom. The fourth-order valence-electron chi connectivity index (χ4n) is 8.74. The van der Waals surface area contributed by atoms with Crippen LogP contribution >= 0.6 is 23.2 Å². The first-order chi connectivity index (χ1) is 27.2. The summed E-state index contributed by atoms with van der Waals surface area (Å²) < 4.78 is 37.1. The zero-order valence-electron chi connectivity index (χ0n) is 33.4. The van der Waals surface area contributed by atoms with Gasteiger partial charge in [0.05, 0.1) is 21.2 Å². The molecule has 0 saturated heterocycles. The van der Waals surface area contributed by atoms with Gasteiger partial charge in [-0.1, -0.05) is 98.9 Å². The third-order valence-electron chi connectivity index (χ3n) is 11.6. The molecule has 0 saturated carbocycles. The van der Waals surface area contributed by atoms with Crippen molar-refractivity contribution in [3.05, 3.63) is 165 Å². The Morgan fingerprint density at radius 1 is 0.789 bits per heavy atom. The SMILES string of the molecule is CCCCN1/C(=C/C=C2\CCC(/C=C/C3=[N+](CCCS(=O)(=O)[O-])c4ccc(Cl)cc4C3(C)C)=C2N(c2ccccc2)c2ccccc2)C(C)(C)c2cc(Cl)ccc21. The molecular weight excluding hydrogens is 770 g/mol. The van der Waals surface area contributed by atoms with Crippen LogP contribution < -0.4 is 9.80 Å². The van der Waals surface area contributed by atoms with Crippen LogP contribution in [0.15, 0.2) is 144 Å². The maximum atomic E-state index is 11.6. The standard InChI is InChI=1S/C48H51Cl2N3O3S/c1-6-7-29-51-42-25-23-36(49)32-40(42)47(2,3)44(51)27-21-34-19-20-35(46(34)53(38-15-10-8-11-16-38)39-17-12-9-13-18-39)22-28-45-48(4,5)41-33-37(50)24-26-43(41)52(45)30-14-31-57(54,55)56/h8-13,15-18,21-28,32-33H,6-7,14,19-20,29-31H2,1-5H3. The van der Waals surface area contributed by atoms with Crippen LogP contribution in [-0.4, -0.2) is 42.1 Å². The minimum Gasteiger partial charge on any atom is -0.748 e. The normalized spacial score (nSPS) is 18.7. The average molecular weight is 821 g/mol. The molecule has 0 fully saturated rings. The van der Waals surface area contributed by atoms with E-state index in [-0.39, 0.29) is 11.8 Å². The quantitative estimate of drug-likeness (QED) is 0.0993. The van der Waals surface area contributed by atoms with Crippen molar-refractivity contribution in [2.75, 3.05) is 28.6 Å². The summed E-state index contributed by atoms with van der Waals surface area (Å²) in [6.07, 6.45) is 13.2. The highest BCUT2D eigenvalue weighted by Gasteiger charge is 2.45. The lowest BCUT2D eigenvalue weighted by Gasteiger charge is -2.29. The van der Waals surface area contributed by atoms with E-state index < -0.39 is 21.3 Å². The van der Waals surface area contributed by atoms with E-state index in [4.69, 9.17) is 23.2 Å². The van der Waals surface area contributed by atoms with Gasteiger partial charge in [0.2, 0.25) is 5.69 Å². The van der Waals surface area contributed by atoms with Gasteiger partial charge >= 0.3 is 0 Å². The van der Waals surface area contributed by atoms with Crippen LogP contribution in [0.25, 0.3) is 0 Å². The summed E-state index contributed by atoms with van der Waals surface area (Å²) in [6, 6.07) is 33.2. The topological polar surface area (TPSA) is 66.7 Å². The van der Waals surface area contributed by atoms with E-state index >= 15 is 0 Å². The maximum Gasteiger partial charge on any atom is 0.209 e. The lowest BCUT2D eigenvalue weighted by Crippen LogP contribution is -2.28. The summed E-state index contributed by atoms with van der Waals surface area (Å²) in [4.78, 5) is 4.85. The fourth-order valence-corrected chi connectivity index (χ4v) is 9.56. The van der Waals surface area contributed by atoms with E-state index in [9.17, 15) is 13.0 Å². The number of hydrogen-bond donors (Lipinski definition) is 0. The second-order valence-corrected chi connectivity index (χ2v) is 18.6. The number of rotatable bonds is 13. The van der Waals surface area contributed by atoms with Crippen molar-refractivity contribution in [1.29, 1.82) is 0 Å². The predicted molar refractivity (Wildman–Crippen MR) is 237 cm³/mol. The third-order valence-corrected chi connectivity index (χ3v) is 12.9. The molecule has 3 aliphatic rings. The number of hydrogen-bond acceptors (Lipinski definition) is 5. The maximum absolute atomic E-state index is 11.6. The summed E-state index contributed by atoms with van der Waals surface area (Å²) >= 11 is 13.1. The lowest BCUT2D eigenvalue weighted by molar-refractivity contribution is -0.437. The van der Waals surface area contributed by atoms with Crippen LogP contribution in [0, 0.1) is 0 Å². The molecule has 57 heavy (non-hydrogen) atoms. The van der Waals surface area contributed by atoms with E-state index in [2.05, 4.69) is 134 Å². The predicted octanol–water partition coefficient (Wildman–Crippen LogP) is 12.2. The molecule has 0 unspecified atom stereocenters. The minimum absolute atomic E-state index is 0.217. The van der Waals surface area contributed by atoms with Crippen molar-refractivity contribution in [3.8, 4) is 0 Å². The molecule has 7 rings (SSSR count). The van der Waals surface area contributed by atoms with Gasteiger partial charge in [0.15, 0.2) is 5.71 Å². The molecule has 0 radical (unpaired) electrons. The summed E-state index contributed by atoms with van der Waals surface area (Å²) in [5, 5.41) is 1.39. The summed E-state index contributed by atoms with van der Waals surface area (Å²) in [5.41, 5.74) is 11.8. The van der Waals surface area contributed by atoms with Crippen LogP contribution in [0.2, 0.25) is 10.0 Å². The smallest absolute Gasteiger partial charge is 0.209 e. The Bertz CT molecular complexity index is 2390. The van der Waals surface area contributed by atoms with Crippen molar-refractivity contribution in [2.45, 2.75) is 77.6 Å². The Morgan fingerprint density at radius 3 is 2.05 bits per heavy atom. The Kier molecular flexibility index (Phi) is 11.8. The first kappa shape index (κ1) is 40.8. The van der Waals surface area contributed by atoms with Crippen LogP contribution in [0.1, 0.15) is 77.8 Å². The van der Waals surface area contributed by atoms with E-state index in [0.717, 1.165) is 71.3 Å². The Balaban J connectivity index is 1.39. The molecule has 0 N–H and O–H groups in total. The summed E-state index contributed by atoms with van der Waals surface area (Å²) in [5.74, 6) is -0.420. The number of fused-ring (bicyclic) bond motifs is 2. The van der Waals surface area contributed by atoms with Crippen LogP contribution in [-0.2, 0) is 20.9 Å². The number of benzene rings is 4. The molecular formula is C48H51Cl2N3O3S. The highest BCUT2D eigenvalue weighted by molar-refractivity contribution is 7.85. The number of allylic oxidation sites excluding steroid dienone is 7. The zero-order chi connectivity index (χ0) is 40.5. The largest absolute Gasteiger partial charge is 0.748 e. The van der Waals surface area contributed by atoms with Crippen molar-refractivity contribution >= 4 is 61.8 Å². The highest BCUT2D eigenvalue weighted by Crippen LogP contribution is 2.50. The van der Waals surface area contributed by atoms with Crippen LogP contribution in [0.5, 0.6) is 0 Å². The molecule has 9 heteroatoms. The van der Waals surface area contributed by atoms with Crippen LogP contribution in [0.3, 0.4) is 0 Å². The minimum atomic E-state index is -4.35. The number of unbranched alkanes of at least 4 members (excludes halogenated alkanes) is 1.